The summed E-state index contributed by atoms with van der Waals surface area (Å²) in [6.45, 7) is 8.72. The number of nitrogens with zero attached hydrogens (tertiary/aromatic N) is 2. The fourth-order valence-corrected chi connectivity index (χ4v) is 1.81. The summed E-state index contributed by atoms with van der Waals surface area (Å²) in [6, 6.07) is 0. The monoisotopic (exact) mass is 422 g/mol. The van der Waals surface area contributed by atoms with E-state index in [1.54, 1.807) is 6.20 Å². The van der Waals surface area contributed by atoms with Gasteiger partial charge < -0.3 is 10.6 Å². The van der Waals surface area contributed by atoms with Crippen LogP contribution < -0.4 is 0 Å². The molecular formula is C20H32N2NiO4. The van der Waals surface area contributed by atoms with Gasteiger partial charge in [-0.2, -0.15) is 6.20 Å². The second-order valence-electron chi connectivity index (χ2n) is 6.03. The Morgan fingerprint density at radius 3 is 1.26 bits per heavy atom. The number of Topliss-reactive ketones (excluding diaryl/α,β-unsaturated/α-hetero) is 4. The summed E-state index contributed by atoms with van der Waals surface area (Å²) in [6.07, 6.45) is 12.0. The van der Waals surface area contributed by atoms with Crippen molar-refractivity contribution in [2.75, 3.05) is 19.6 Å². The molecule has 2 aliphatic rings. The Bertz CT molecular complexity index is 411. The van der Waals surface area contributed by atoms with Gasteiger partial charge in [0.2, 0.25) is 0 Å². The summed E-state index contributed by atoms with van der Waals surface area (Å²) in [5.41, 5.74) is 0. The predicted molar refractivity (Wildman–Crippen MR) is 105 cm³/mol. The van der Waals surface area contributed by atoms with Crippen LogP contribution >= 0.6 is 0 Å². The molecule has 156 valence electrons. The number of allylic oxidation sites excluding steroid dienone is 2. The van der Waals surface area contributed by atoms with Gasteiger partial charge in [0.15, 0.2) is 0 Å². The minimum atomic E-state index is -0.0625. The van der Waals surface area contributed by atoms with Crippen molar-refractivity contribution in [3.05, 3.63) is 35.1 Å². The summed E-state index contributed by atoms with van der Waals surface area (Å²) < 4.78 is 0. The third-order valence-corrected chi connectivity index (χ3v) is 2.78. The Morgan fingerprint density at radius 2 is 1.19 bits per heavy atom. The van der Waals surface area contributed by atoms with Gasteiger partial charge in [-0.25, -0.2) is 0 Å². The molecule has 0 aromatic carbocycles. The van der Waals surface area contributed by atoms with Crippen LogP contribution in [0.15, 0.2) is 24.4 Å². The predicted octanol–water partition coefficient (Wildman–Crippen LogP) is 4.09. The molecule has 1 saturated heterocycles. The van der Waals surface area contributed by atoms with Gasteiger partial charge >= 0.3 is 16.5 Å². The molecule has 0 aromatic heterocycles. The molecular weight excluding hydrogens is 391 g/mol. The molecule has 0 N–H and O–H groups in total. The van der Waals surface area contributed by atoms with Crippen molar-refractivity contribution in [2.45, 2.75) is 59.8 Å². The molecule has 2 heterocycles. The van der Waals surface area contributed by atoms with Gasteiger partial charge in [0.1, 0.15) is 23.1 Å². The minimum absolute atomic E-state index is 0. The molecule has 0 amide bonds. The molecule has 0 saturated carbocycles. The Balaban J connectivity index is -0.000000281. The minimum Gasteiger partial charge on any atom is -0.687 e. The first-order valence-electron chi connectivity index (χ1n) is 8.85. The Morgan fingerprint density at radius 1 is 0.741 bits per heavy atom. The van der Waals surface area contributed by atoms with Crippen LogP contribution in [0, 0.1) is 0 Å². The standard InChI is InChI=1S/C5H10N.C5H6N.2C5H8O2.Ni/c2*1-2-4-6-5-3-1;2*1-4(6)3-5(2)7;/h1-5H2;1-4H,5H2;2*3H2,1-2H3;/q2*-1;;;+2. The number of ketones is 4. The fraction of sp³-hybridized carbons (Fsp3) is 0.600. The van der Waals surface area contributed by atoms with Crippen molar-refractivity contribution in [1.29, 1.82) is 0 Å². The van der Waals surface area contributed by atoms with Crippen LogP contribution in [0.1, 0.15) is 59.8 Å². The molecule has 0 bridgehead atoms. The van der Waals surface area contributed by atoms with Crippen molar-refractivity contribution in [3.8, 4) is 0 Å². The van der Waals surface area contributed by atoms with E-state index in [1.807, 2.05) is 18.2 Å². The number of carbonyl (C=O) groups is 4. The van der Waals surface area contributed by atoms with Gasteiger partial charge in [-0.1, -0.05) is 31.4 Å². The van der Waals surface area contributed by atoms with E-state index in [4.69, 9.17) is 0 Å². The SMILES string of the molecule is C1=CC[N-]C=C1.C1CC[N-]CC1.CC(=O)CC(C)=O.CC(=O)CC(C)=O.[Ni+2]. The molecule has 0 aromatic rings. The summed E-state index contributed by atoms with van der Waals surface area (Å²) in [7, 11) is 0. The van der Waals surface area contributed by atoms with E-state index in [0.717, 1.165) is 19.6 Å². The molecule has 7 heteroatoms. The van der Waals surface area contributed by atoms with Crippen LogP contribution in [0.5, 0.6) is 0 Å². The third-order valence-electron chi connectivity index (χ3n) is 2.78. The van der Waals surface area contributed by atoms with Crippen molar-refractivity contribution >= 4 is 23.1 Å². The average molecular weight is 423 g/mol. The van der Waals surface area contributed by atoms with Crippen LogP contribution in [0.4, 0.5) is 0 Å². The second-order valence-corrected chi connectivity index (χ2v) is 6.03. The fourth-order valence-electron chi connectivity index (χ4n) is 1.81. The van der Waals surface area contributed by atoms with Gasteiger partial charge in [0.25, 0.3) is 0 Å². The number of hydrogen-bond donors (Lipinski definition) is 0. The van der Waals surface area contributed by atoms with Crippen molar-refractivity contribution < 1.29 is 35.7 Å². The number of hydrogen-bond acceptors (Lipinski definition) is 4. The van der Waals surface area contributed by atoms with Crippen LogP contribution in [-0.2, 0) is 35.7 Å². The van der Waals surface area contributed by atoms with Crippen molar-refractivity contribution in [2.24, 2.45) is 0 Å². The number of piperidine rings is 1. The van der Waals surface area contributed by atoms with Gasteiger partial charge in [0, 0.05) is 0 Å². The molecule has 0 unspecified atom stereocenters. The van der Waals surface area contributed by atoms with E-state index < -0.39 is 0 Å². The topological polar surface area (TPSA) is 96.5 Å². The number of rotatable bonds is 4. The molecule has 27 heavy (non-hydrogen) atoms. The van der Waals surface area contributed by atoms with Crippen LogP contribution in [0.2, 0.25) is 0 Å². The van der Waals surface area contributed by atoms with E-state index in [0.29, 0.717) is 0 Å². The van der Waals surface area contributed by atoms with Gasteiger partial charge in [0.05, 0.1) is 12.8 Å². The maximum atomic E-state index is 10.0. The molecule has 2 aliphatic heterocycles. The first-order chi connectivity index (χ1) is 12.3. The summed E-state index contributed by atoms with van der Waals surface area (Å²) in [4.78, 5) is 40.1. The maximum Gasteiger partial charge on any atom is 2.00 e. The zero-order valence-corrected chi connectivity index (χ0v) is 17.8. The molecule has 0 radical (unpaired) electrons. The maximum absolute atomic E-state index is 10.0. The van der Waals surface area contributed by atoms with Crippen molar-refractivity contribution in [3.63, 3.8) is 0 Å². The van der Waals surface area contributed by atoms with Gasteiger partial charge in [-0.3, -0.25) is 19.2 Å². The Labute approximate surface area is 173 Å². The van der Waals surface area contributed by atoms with E-state index in [2.05, 4.69) is 10.6 Å². The number of carbonyl (C=O) groups excluding carboxylic acids is 4. The Kier molecular flexibility index (Phi) is 25.1. The van der Waals surface area contributed by atoms with Gasteiger partial charge in [-0.15, -0.1) is 25.7 Å². The molecule has 0 aliphatic carbocycles. The summed E-state index contributed by atoms with van der Waals surface area (Å²) in [5, 5.41) is 8.09. The van der Waals surface area contributed by atoms with E-state index in [9.17, 15) is 19.2 Å². The first-order valence-corrected chi connectivity index (χ1v) is 8.85. The molecule has 6 nitrogen and oxygen atoms in total. The average Bonchev–Trinajstić information content (AvgIpc) is 2.57. The second kappa shape index (κ2) is 22.5. The van der Waals surface area contributed by atoms with E-state index in [-0.39, 0.29) is 52.5 Å². The quantitative estimate of drug-likeness (QED) is 0.503. The normalized spacial score (nSPS) is 13.5. The van der Waals surface area contributed by atoms with E-state index in [1.165, 1.54) is 47.0 Å². The summed E-state index contributed by atoms with van der Waals surface area (Å²) >= 11 is 0. The molecule has 0 spiro atoms. The van der Waals surface area contributed by atoms with Crippen molar-refractivity contribution in [1.82, 2.24) is 0 Å². The largest absolute Gasteiger partial charge is 2.00 e. The first kappa shape index (κ1) is 30.2. The van der Waals surface area contributed by atoms with Crippen LogP contribution in [0.25, 0.3) is 10.6 Å². The third kappa shape index (κ3) is 36.2. The molecule has 0 atom stereocenters. The zero-order valence-electron chi connectivity index (χ0n) is 16.8. The van der Waals surface area contributed by atoms with E-state index >= 15 is 0 Å². The Hall–Kier alpha value is -1.59. The molecule has 1 fully saturated rings. The van der Waals surface area contributed by atoms with Crippen LogP contribution in [0.3, 0.4) is 0 Å². The van der Waals surface area contributed by atoms with Crippen LogP contribution in [-0.4, -0.2) is 42.8 Å². The van der Waals surface area contributed by atoms with Gasteiger partial charge in [-0.05, 0) is 27.7 Å². The summed E-state index contributed by atoms with van der Waals surface area (Å²) in [5.74, 6) is -0.250. The zero-order chi connectivity index (χ0) is 20.2. The smallest absolute Gasteiger partial charge is 0.687 e. The molecule has 2 rings (SSSR count).